The summed E-state index contributed by atoms with van der Waals surface area (Å²) < 4.78 is 6.29. The quantitative estimate of drug-likeness (QED) is 0.817. The lowest BCUT2D eigenvalue weighted by molar-refractivity contribution is -0.142. The van der Waals surface area contributed by atoms with Gasteiger partial charge in [-0.3, -0.25) is 4.79 Å². The van der Waals surface area contributed by atoms with Gasteiger partial charge in [0.2, 0.25) is 0 Å². The SMILES string of the molecule is CC(C)(C)SC[C@@H]1CCCCN1C(=O)[C@@H]1CCc2ccccc2O1. The number of carbonyl (C=O) groups excluding carboxylic acids is 1. The number of benzene rings is 1. The lowest BCUT2D eigenvalue weighted by Crippen LogP contribution is -2.51. The second-order valence-electron chi connectivity index (χ2n) is 7.86. The number of amides is 1. The summed E-state index contributed by atoms with van der Waals surface area (Å²) in [6.45, 7) is 7.62. The fraction of sp³-hybridized carbons (Fsp3) is 0.650. The van der Waals surface area contributed by atoms with Crippen LogP contribution < -0.4 is 4.74 Å². The summed E-state index contributed by atoms with van der Waals surface area (Å²) in [6, 6.07) is 8.46. The average molecular weight is 348 g/mol. The number of hydrogen-bond acceptors (Lipinski definition) is 3. The Bertz CT molecular complexity index is 581. The van der Waals surface area contributed by atoms with Crippen LogP contribution in [0.4, 0.5) is 0 Å². The van der Waals surface area contributed by atoms with E-state index < -0.39 is 0 Å². The molecule has 1 amide bonds. The number of thioether (sulfide) groups is 1. The van der Waals surface area contributed by atoms with Crippen LogP contribution in [0.2, 0.25) is 0 Å². The van der Waals surface area contributed by atoms with Crippen molar-refractivity contribution in [2.75, 3.05) is 12.3 Å². The van der Waals surface area contributed by atoms with Crippen LogP contribution in [0, 0.1) is 0 Å². The predicted molar refractivity (Wildman–Crippen MR) is 101 cm³/mol. The molecule has 0 aromatic heterocycles. The number of likely N-dealkylation sites (tertiary alicyclic amines) is 1. The molecular weight excluding hydrogens is 318 g/mol. The molecule has 132 valence electrons. The molecule has 1 aromatic carbocycles. The standard InChI is InChI=1S/C20H29NO2S/c1-20(2,3)24-14-16-9-6-7-13-21(16)19(22)18-12-11-15-8-4-5-10-17(15)23-18/h4-5,8,10,16,18H,6-7,9,11-14H2,1-3H3/t16-,18-/m0/s1. The molecule has 2 aliphatic rings. The summed E-state index contributed by atoms with van der Waals surface area (Å²) in [5.41, 5.74) is 1.22. The zero-order valence-electron chi connectivity index (χ0n) is 15.1. The fourth-order valence-corrected chi connectivity index (χ4v) is 4.53. The maximum absolute atomic E-state index is 13.1. The van der Waals surface area contributed by atoms with E-state index in [1.165, 1.54) is 12.0 Å². The lowest BCUT2D eigenvalue weighted by atomic mass is 9.98. The van der Waals surface area contributed by atoms with E-state index in [2.05, 4.69) is 31.7 Å². The van der Waals surface area contributed by atoms with Gasteiger partial charge in [0.15, 0.2) is 6.10 Å². The first-order valence-electron chi connectivity index (χ1n) is 9.13. The van der Waals surface area contributed by atoms with Crippen molar-refractivity contribution in [1.29, 1.82) is 0 Å². The van der Waals surface area contributed by atoms with E-state index in [0.717, 1.165) is 43.7 Å². The molecule has 4 heteroatoms. The number of aryl methyl sites for hydroxylation is 1. The summed E-state index contributed by atoms with van der Waals surface area (Å²) in [6.07, 6.45) is 4.89. The smallest absolute Gasteiger partial charge is 0.263 e. The topological polar surface area (TPSA) is 29.5 Å². The van der Waals surface area contributed by atoms with Crippen LogP contribution in [0.25, 0.3) is 0 Å². The highest BCUT2D eigenvalue weighted by Gasteiger charge is 2.35. The van der Waals surface area contributed by atoms with E-state index in [-0.39, 0.29) is 16.8 Å². The van der Waals surface area contributed by atoms with E-state index in [1.807, 2.05) is 30.0 Å². The van der Waals surface area contributed by atoms with Crippen LogP contribution in [0.1, 0.15) is 52.0 Å². The monoisotopic (exact) mass is 347 g/mol. The molecule has 0 spiro atoms. The van der Waals surface area contributed by atoms with Gasteiger partial charge in [0.1, 0.15) is 5.75 Å². The number of nitrogens with zero attached hydrogens (tertiary/aromatic N) is 1. The summed E-state index contributed by atoms with van der Waals surface area (Å²) in [4.78, 5) is 15.2. The van der Waals surface area contributed by atoms with Gasteiger partial charge in [-0.2, -0.15) is 11.8 Å². The van der Waals surface area contributed by atoms with Gasteiger partial charge in [0.05, 0.1) is 0 Å². The summed E-state index contributed by atoms with van der Waals surface area (Å²) in [7, 11) is 0. The van der Waals surface area contributed by atoms with Crippen molar-refractivity contribution >= 4 is 17.7 Å². The molecular formula is C20H29NO2S. The maximum atomic E-state index is 13.1. The van der Waals surface area contributed by atoms with Crippen molar-refractivity contribution in [3.05, 3.63) is 29.8 Å². The van der Waals surface area contributed by atoms with Gasteiger partial charge < -0.3 is 9.64 Å². The van der Waals surface area contributed by atoms with Crippen LogP contribution in [0.15, 0.2) is 24.3 Å². The third kappa shape index (κ3) is 4.27. The van der Waals surface area contributed by atoms with E-state index in [0.29, 0.717) is 6.04 Å². The number of fused-ring (bicyclic) bond motifs is 1. The molecule has 1 saturated heterocycles. The van der Waals surface area contributed by atoms with Crippen molar-refractivity contribution in [3.8, 4) is 5.75 Å². The summed E-state index contributed by atoms with van der Waals surface area (Å²) in [5.74, 6) is 2.11. The Hall–Kier alpha value is -1.16. The minimum Gasteiger partial charge on any atom is -0.480 e. The normalized spacial score (nSPS) is 24.2. The molecule has 0 aliphatic carbocycles. The van der Waals surface area contributed by atoms with E-state index in [1.54, 1.807) is 0 Å². The lowest BCUT2D eigenvalue weighted by Gasteiger charge is -2.39. The van der Waals surface area contributed by atoms with Crippen LogP contribution in [-0.4, -0.2) is 40.0 Å². The number of piperidine rings is 1. The molecule has 0 N–H and O–H groups in total. The minimum absolute atomic E-state index is 0.198. The van der Waals surface area contributed by atoms with Crippen molar-refractivity contribution in [2.24, 2.45) is 0 Å². The zero-order valence-corrected chi connectivity index (χ0v) is 15.9. The highest BCUT2D eigenvalue weighted by Crippen LogP contribution is 2.31. The molecule has 2 aliphatic heterocycles. The van der Waals surface area contributed by atoms with Gasteiger partial charge in [-0.05, 0) is 43.7 Å². The van der Waals surface area contributed by atoms with Crippen molar-refractivity contribution in [1.82, 2.24) is 4.90 Å². The third-order valence-corrected chi connectivity index (χ3v) is 6.23. The molecule has 24 heavy (non-hydrogen) atoms. The van der Waals surface area contributed by atoms with E-state index in [9.17, 15) is 4.79 Å². The van der Waals surface area contributed by atoms with Gasteiger partial charge in [-0.25, -0.2) is 0 Å². The van der Waals surface area contributed by atoms with Gasteiger partial charge in [-0.1, -0.05) is 39.0 Å². The zero-order chi connectivity index (χ0) is 17.2. The van der Waals surface area contributed by atoms with Crippen LogP contribution in [0.5, 0.6) is 5.75 Å². The van der Waals surface area contributed by atoms with Crippen LogP contribution in [0.3, 0.4) is 0 Å². The van der Waals surface area contributed by atoms with Gasteiger partial charge in [0, 0.05) is 23.1 Å². The Morgan fingerprint density at radius 1 is 1.25 bits per heavy atom. The Balaban J connectivity index is 1.66. The highest BCUT2D eigenvalue weighted by molar-refractivity contribution is 8.00. The molecule has 2 heterocycles. The van der Waals surface area contributed by atoms with Crippen molar-refractivity contribution < 1.29 is 9.53 Å². The number of hydrogen-bond donors (Lipinski definition) is 0. The molecule has 0 unspecified atom stereocenters. The Morgan fingerprint density at radius 3 is 2.83 bits per heavy atom. The molecule has 1 fully saturated rings. The molecule has 0 radical (unpaired) electrons. The molecule has 1 aromatic rings. The first-order chi connectivity index (χ1) is 11.4. The number of carbonyl (C=O) groups is 1. The second-order valence-corrected chi connectivity index (χ2v) is 9.70. The Labute approximate surface area is 150 Å². The Morgan fingerprint density at radius 2 is 2.04 bits per heavy atom. The van der Waals surface area contributed by atoms with E-state index in [4.69, 9.17) is 4.74 Å². The van der Waals surface area contributed by atoms with Crippen LogP contribution in [-0.2, 0) is 11.2 Å². The number of para-hydroxylation sites is 1. The second kappa shape index (κ2) is 7.38. The average Bonchev–Trinajstić information content (AvgIpc) is 2.58. The first kappa shape index (κ1) is 17.7. The van der Waals surface area contributed by atoms with Crippen LogP contribution >= 0.6 is 11.8 Å². The van der Waals surface area contributed by atoms with Gasteiger partial charge in [-0.15, -0.1) is 0 Å². The van der Waals surface area contributed by atoms with Gasteiger partial charge in [0.25, 0.3) is 5.91 Å². The summed E-state index contributed by atoms with van der Waals surface area (Å²) >= 11 is 1.96. The fourth-order valence-electron chi connectivity index (χ4n) is 3.49. The minimum atomic E-state index is -0.305. The maximum Gasteiger partial charge on any atom is 0.263 e. The molecule has 3 rings (SSSR count). The molecule has 3 nitrogen and oxygen atoms in total. The van der Waals surface area contributed by atoms with Crippen molar-refractivity contribution in [3.63, 3.8) is 0 Å². The predicted octanol–water partition coefficient (Wildman–Crippen LogP) is 4.29. The summed E-state index contributed by atoms with van der Waals surface area (Å²) in [5, 5.41) is 0. The largest absolute Gasteiger partial charge is 0.480 e. The van der Waals surface area contributed by atoms with Gasteiger partial charge >= 0.3 is 0 Å². The Kier molecular flexibility index (Phi) is 5.43. The van der Waals surface area contributed by atoms with E-state index >= 15 is 0 Å². The molecule has 2 atom stereocenters. The third-order valence-electron chi connectivity index (χ3n) is 4.81. The number of ether oxygens (including phenoxy) is 1. The molecule has 0 bridgehead atoms. The van der Waals surface area contributed by atoms with Crippen molar-refractivity contribution in [2.45, 2.75) is 69.8 Å². The molecule has 0 saturated carbocycles. The highest BCUT2D eigenvalue weighted by atomic mass is 32.2. The first-order valence-corrected chi connectivity index (χ1v) is 10.1. The number of rotatable bonds is 3.